The maximum absolute atomic E-state index is 14.0. The molecule has 1 fully saturated rings. The summed E-state index contributed by atoms with van der Waals surface area (Å²) in [6.07, 6.45) is 1.58. The Bertz CT molecular complexity index is 1350. The summed E-state index contributed by atoms with van der Waals surface area (Å²) >= 11 is 0.919. The van der Waals surface area contributed by atoms with E-state index in [1.165, 1.54) is 10.4 Å². The molecule has 2 aromatic carbocycles. The second-order valence-electron chi connectivity index (χ2n) is 9.06. The summed E-state index contributed by atoms with van der Waals surface area (Å²) in [6.45, 7) is 1.92. The lowest BCUT2D eigenvalue weighted by atomic mass is 10.1. The lowest BCUT2D eigenvalue weighted by Gasteiger charge is -2.31. The van der Waals surface area contributed by atoms with Crippen LogP contribution in [0.5, 0.6) is 0 Å². The number of carbonyl (C=O) groups excluding carboxylic acids is 1. The quantitative estimate of drug-likeness (QED) is 0.158. The Kier molecular flexibility index (Phi) is 8.92. The number of carbonyl (C=O) groups is 1. The van der Waals surface area contributed by atoms with E-state index in [-0.39, 0.29) is 22.5 Å². The first-order chi connectivity index (χ1) is 18.1. The van der Waals surface area contributed by atoms with Crippen molar-refractivity contribution in [1.29, 1.82) is 0 Å². The number of benzene rings is 2. The number of ketones is 1. The first-order valence-corrected chi connectivity index (χ1v) is 14.6. The average Bonchev–Trinajstić information content (AvgIpc) is 3.24. The van der Waals surface area contributed by atoms with Crippen LogP contribution in [0.1, 0.15) is 40.1 Å². The summed E-state index contributed by atoms with van der Waals surface area (Å²) in [4.78, 5) is 16.8. The number of halogens is 2. The summed E-state index contributed by atoms with van der Waals surface area (Å²) in [5, 5.41) is 6.77. The van der Waals surface area contributed by atoms with Gasteiger partial charge in [0.1, 0.15) is 22.3 Å². The minimum Gasteiger partial charge on any atom is -0.399 e. The standard InChI is InChI=1S/C25H30F2N6O3S2/c26-19-3-1-4-20(27)21(19)22(34)23-24(29)32-25(37-23)31-18-9-12-33(13-10-18)38(35,36)14-2-11-30-15-16-5-7-17(28)8-6-16/h1,3-8,18,30H,2,9-15,28-29H2,(H,31,32). The molecule has 1 saturated heterocycles. The molecule has 0 unspecified atom stereocenters. The Labute approximate surface area is 224 Å². The van der Waals surface area contributed by atoms with Crippen LogP contribution in [-0.4, -0.2) is 54.9 Å². The molecule has 38 heavy (non-hydrogen) atoms. The molecule has 0 radical (unpaired) electrons. The van der Waals surface area contributed by atoms with Gasteiger partial charge in [-0.1, -0.05) is 29.5 Å². The fourth-order valence-electron chi connectivity index (χ4n) is 4.21. The molecule has 2 heterocycles. The highest BCUT2D eigenvalue weighted by atomic mass is 32.2. The van der Waals surface area contributed by atoms with Gasteiger partial charge in [0.05, 0.1) is 11.3 Å². The third-order valence-electron chi connectivity index (χ3n) is 6.29. The maximum Gasteiger partial charge on any atom is 0.214 e. The number of thiazole rings is 1. The number of aromatic nitrogens is 1. The number of hydrogen-bond donors (Lipinski definition) is 4. The predicted molar refractivity (Wildman–Crippen MR) is 145 cm³/mol. The molecule has 0 saturated carbocycles. The van der Waals surface area contributed by atoms with Gasteiger partial charge in [0.2, 0.25) is 15.8 Å². The van der Waals surface area contributed by atoms with Crippen molar-refractivity contribution in [3.8, 4) is 0 Å². The minimum atomic E-state index is -3.38. The summed E-state index contributed by atoms with van der Waals surface area (Å²) in [6, 6.07) is 10.6. The minimum absolute atomic E-state index is 0.0541. The fraction of sp³-hybridized carbons (Fsp3) is 0.360. The van der Waals surface area contributed by atoms with Crippen LogP contribution in [0.15, 0.2) is 42.5 Å². The van der Waals surface area contributed by atoms with E-state index in [1.54, 1.807) is 0 Å². The SMILES string of the molecule is Nc1ccc(CNCCCS(=O)(=O)N2CCC(Nc3nc(N)c(C(=O)c4c(F)cccc4F)s3)CC2)cc1. The third-order valence-corrected chi connectivity index (χ3v) is 9.25. The first kappa shape index (κ1) is 27.9. The van der Waals surface area contributed by atoms with Crippen LogP contribution in [0.3, 0.4) is 0 Å². The smallest absolute Gasteiger partial charge is 0.214 e. The number of nitrogens with zero attached hydrogens (tertiary/aromatic N) is 2. The van der Waals surface area contributed by atoms with Gasteiger partial charge in [-0.2, -0.15) is 0 Å². The highest BCUT2D eigenvalue weighted by molar-refractivity contribution is 7.89. The van der Waals surface area contributed by atoms with E-state index in [1.807, 2.05) is 24.3 Å². The molecule has 0 bridgehead atoms. The van der Waals surface area contributed by atoms with E-state index in [0.29, 0.717) is 56.3 Å². The van der Waals surface area contributed by atoms with Crippen molar-refractivity contribution in [2.24, 2.45) is 0 Å². The normalized spacial score (nSPS) is 15.0. The van der Waals surface area contributed by atoms with E-state index >= 15 is 0 Å². The highest BCUT2D eigenvalue weighted by Gasteiger charge is 2.29. The zero-order chi connectivity index (χ0) is 27.3. The Balaban J connectivity index is 1.24. The average molecular weight is 565 g/mol. The Morgan fingerprint density at radius 3 is 2.39 bits per heavy atom. The van der Waals surface area contributed by atoms with Gasteiger partial charge in [0.15, 0.2) is 5.13 Å². The van der Waals surface area contributed by atoms with Gasteiger partial charge in [0, 0.05) is 31.4 Å². The predicted octanol–water partition coefficient (Wildman–Crippen LogP) is 3.20. The molecule has 6 N–H and O–H groups in total. The number of sulfonamides is 1. The Morgan fingerprint density at radius 2 is 1.74 bits per heavy atom. The molecule has 1 aromatic heterocycles. The van der Waals surface area contributed by atoms with Gasteiger partial charge in [0.25, 0.3) is 0 Å². The zero-order valence-corrected chi connectivity index (χ0v) is 22.3. The fourth-order valence-corrected chi connectivity index (χ4v) is 6.66. The molecule has 1 aliphatic rings. The third kappa shape index (κ3) is 6.84. The van der Waals surface area contributed by atoms with E-state index in [2.05, 4.69) is 15.6 Å². The van der Waals surface area contributed by atoms with Crippen molar-refractivity contribution >= 4 is 43.8 Å². The second kappa shape index (κ2) is 12.2. The number of hydrogen-bond acceptors (Lipinski definition) is 9. The summed E-state index contributed by atoms with van der Waals surface area (Å²) < 4.78 is 55.1. The molecule has 3 aromatic rings. The van der Waals surface area contributed by atoms with Crippen LogP contribution in [0.25, 0.3) is 0 Å². The number of nitrogens with two attached hydrogens (primary N) is 2. The van der Waals surface area contributed by atoms with E-state index in [0.717, 1.165) is 29.0 Å². The van der Waals surface area contributed by atoms with Gasteiger partial charge in [-0.05, 0) is 55.6 Å². The topological polar surface area (TPSA) is 143 Å². The van der Waals surface area contributed by atoms with Crippen LogP contribution in [0.2, 0.25) is 0 Å². The largest absolute Gasteiger partial charge is 0.399 e. The molecule has 0 amide bonds. The van der Waals surface area contributed by atoms with Crippen molar-refractivity contribution in [3.05, 3.63) is 70.1 Å². The lowest BCUT2D eigenvalue weighted by molar-refractivity contribution is 0.103. The van der Waals surface area contributed by atoms with Crippen LogP contribution >= 0.6 is 11.3 Å². The van der Waals surface area contributed by atoms with Crippen LogP contribution in [0, 0.1) is 11.6 Å². The molecule has 4 rings (SSSR count). The Morgan fingerprint density at radius 1 is 1.08 bits per heavy atom. The van der Waals surface area contributed by atoms with Crippen molar-refractivity contribution in [2.45, 2.75) is 31.8 Å². The molecular weight excluding hydrogens is 534 g/mol. The van der Waals surface area contributed by atoms with Crippen molar-refractivity contribution in [2.75, 3.05) is 42.2 Å². The number of rotatable bonds is 11. The molecule has 13 heteroatoms. The first-order valence-electron chi connectivity index (χ1n) is 12.2. The van der Waals surface area contributed by atoms with Crippen molar-refractivity contribution in [3.63, 3.8) is 0 Å². The van der Waals surface area contributed by atoms with Crippen molar-refractivity contribution < 1.29 is 22.0 Å². The van der Waals surface area contributed by atoms with Crippen LogP contribution in [-0.2, 0) is 16.6 Å². The molecular formula is C25H30F2N6O3S2. The lowest BCUT2D eigenvalue weighted by Crippen LogP contribution is -2.43. The molecule has 0 aliphatic carbocycles. The molecule has 204 valence electrons. The van der Waals surface area contributed by atoms with Gasteiger partial charge in [-0.25, -0.2) is 26.5 Å². The van der Waals surface area contributed by atoms with Crippen LogP contribution in [0.4, 0.5) is 25.4 Å². The van der Waals surface area contributed by atoms with Gasteiger partial charge < -0.3 is 22.1 Å². The van der Waals surface area contributed by atoms with E-state index in [4.69, 9.17) is 11.5 Å². The maximum atomic E-state index is 14.0. The summed E-state index contributed by atoms with van der Waals surface area (Å²) in [5.74, 6) is -2.87. The summed E-state index contributed by atoms with van der Waals surface area (Å²) in [5.41, 5.74) is 12.6. The van der Waals surface area contributed by atoms with E-state index < -0.39 is 33.0 Å². The van der Waals surface area contributed by atoms with Gasteiger partial charge in [-0.15, -0.1) is 0 Å². The number of anilines is 3. The van der Waals surface area contributed by atoms with E-state index in [9.17, 15) is 22.0 Å². The van der Waals surface area contributed by atoms with Gasteiger partial charge >= 0.3 is 0 Å². The monoisotopic (exact) mass is 564 g/mol. The molecule has 0 atom stereocenters. The zero-order valence-electron chi connectivity index (χ0n) is 20.6. The van der Waals surface area contributed by atoms with Crippen LogP contribution < -0.4 is 22.1 Å². The second-order valence-corrected chi connectivity index (χ2v) is 12.2. The number of nitrogens with one attached hydrogen (secondary N) is 2. The number of nitrogen functional groups attached to an aromatic ring is 2. The Hall–Kier alpha value is -3.13. The molecule has 0 spiro atoms. The summed E-state index contributed by atoms with van der Waals surface area (Å²) in [7, 11) is -3.38. The number of piperidine rings is 1. The highest BCUT2D eigenvalue weighted by Crippen LogP contribution is 2.30. The van der Waals surface area contributed by atoms with Crippen molar-refractivity contribution in [1.82, 2.24) is 14.6 Å². The van der Waals surface area contributed by atoms with Gasteiger partial charge in [-0.3, -0.25) is 4.79 Å². The molecule has 1 aliphatic heterocycles. The molecule has 9 nitrogen and oxygen atoms in total.